The van der Waals surface area contributed by atoms with Gasteiger partial charge in [-0.1, -0.05) is 36.4 Å². The maximum Gasteiger partial charge on any atom is 0.249 e. The quantitative estimate of drug-likeness (QED) is 0.187. The van der Waals surface area contributed by atoms with Gasteiger partial charge >= 0.3 is 0 Å². The molecule has 47 heavy (non-hydrogen) atoms. The van der Waals surface area contributed by atoms with Gasteiger partial charge in [0.05, 0.1) is 11.9 Å². The Kier molecular flexibility index (Phi) is 8.58. The number of hydrogen-bond acceptors (Lipinski definition) is 7. The van der Waals surface area contributed by atoms with E-state index >= 15 is 0 Å². The molecule has 9 heteroatoms. The van der Waals surface area contributed by atoms with Gasteiger partial charge in [0.15, 0.2) is 0 Å². The number of nitrogens with one attached hydrogen (secondary N) is 2. The van der Waals surface area contributed by atoms with Gasteiger partial charge < -0.3 is 11.1 Å². The fourth-order valence-corrected chi connectivity index (χ4v) is 6.98. The number of carbonyl (C=O) groups is 2. The smallest absolute Gasteiger partial charge is 0.249 e. The SMILES string of the molecule is Cc1cc(-c2ccnc3cn(-c4ccc(CN5CCC(c6ccc(NC7CCC(=O)NC7=O)cc6)CC5)cc4)nc23)c(C)cc1CN. The second-order valence-electron chi connectivity index (χ2n) is 13.0. The van der Waals surface area contributed by atoms with E-state index in [1.165, 1.54) is 27.8 Å². The van der Waals surface area contributed by atoms with Crippen molar-refractivity contribution in [1.29, 1.82) is 0 Å². The summed E-state index contributed by atoms with van der Waals surface area (Å²) in [5.74, 6) is 0.0827. The molecule has 7 rings (SSSR count). The minimum atomic E-state index is -0.362. The van der Waals surface area contributed by atoms with Gasteiger partial charge in [-0.2, -0.15) is 5.10 Å². The average Bonchev–Trinajstić information content (AvgIpc) is 3.53. The summed E-state index contributed by atoms with van der Waals surface area (Å²) in [6, 6.07) is 23.2. The molecule has 1 unspecified atom stereocenters. The number of rotatable bonds is 8. The highest BCUT2D eigenvalue weighted by molar-refractivity contribution is 6.01. The molecule has 0 spiro atoms. The van der Waals surface area contributed by atoms with Crippen LogP contribution in [-0.2, 0) is 22.7 Å². The average molecular weight is 628 g/mol. The summed E-state index contributed by atoms with van der Waals surface area (Å²) in [6.45, 7) is 7.79. The van der Waals surface area contributed by atoms with Crippen molar-refractivity contribution >= 4 is 28.5 Å². The molecule has 2 aliphatic rings. The number of amides is 2. The van der Waals surface area contributed by atoms with Crippen molar-refractivity contribution in [3.8, 4) is 16.8 Å². The minimum absolute atomic E-state index is 0.196. The van der Waals surface area contributed by atoms with E-state index < -0.39 is 0 Å². The van der Waals surface area contributed by atoms with Crippen molar-refractivity contribution in [2.75, 3.05) is 18.4 Å². The highest BCUT2D eigenvalue weighted by atomic mass is 16.2. The Morgan fingerprint density at radius 3 is 2.40 bits per heavy atom. The van der Waals surface area contributed by atoms with Crippen molar-refractivity contribution in [2.24, 2.45) is 5.73 Å². The molecule has 2 aromatic heterocycles. The zero-order valence-electron chi connectivity index (χ0n) is 27.0. The second kappa shape index (κ2) is 13.1. The Bertz CT molecular complexity index is 1920. The van der Waals surface area contributed by atoms with Crippen molar-refractivity contribution in [3.63, 3.8) is 0 Å². The van der Waals surface area contributed by atoms with E-state index in [1.807, 2.05) is 35.3 Å². The van der Waals surface area contributed by atoms with Gasteiger partial charge in [-0.3, -0.25) is 24.8 Å². The molecular weight excluding hydrogens is 586 g/mol. The van der Waals surface area contributed by atoms with E-state index in [9.17, 15) is 9.59 Å². The monoisotopic (exact) mass is 627 g/mol. The molecule has 0 bridgehead atoms. The molecule has 2 amide bonds. The number of fused-ring (bicyclic) bond motifs is 1. The predicted molar refractivity (Wildman–Crippen MR) is 185 cm³/mol. The van der Waals surface area contributed by atoms with Gasteiger partial charge in [-0.25, -0.2) is 4.68 Å². The molecule has 0 radical (unpaired) electrons. The van der Waals surface area contributed by atoms with Crippen molar-refractivity contribution in [2.45, 2.75) is 64.6 Å². The molecule has 0 aliphatic carbocycles. The Morgan fingerprint density at radius 1 is 0.915 bits per heavy atom. The van der Waals surface area contributed by atoms with E-state index in [0.29, 0.717) is 25.3 Å². The van der Waals surface area contributed by atoms with Crippen LogP contribution in [0.3, 0.4) is 0 Å². The first-order valence-electron chi connectivity index (χ1n) is 16.5. The van der Waals surface area contributed by atoms with Crippen LogP contribution in [0.4, 0.5) is 5.69 Å². The molecule has 5 aromatic rings. The molecule has 240 valence electrons. The maximum atomic E-state index is 12.1. The fraction of sp³-hybridized carbons (Fsp3) is 0.316. The first kappa shape index (κ1) is 30.8. The largest absolute Gasteiger partial charge is 0.374 e. The number of hydrogen-bond donors (Lipinski definition) is 3. The lowest BCUT2D eigenvalue weighted by molar-refractivity contribution is -0.133. The Hall–Kier alpha value is -4.86. The number of aryl methyl sites for hydroxylation is 2. The normalized spacial score (nSPS) is 17.6. The summed E-state index contributed by atoms with van der Waals surface area (Å²) in [5.41, 5.74) is 18.0. The number of benzene rings is 3. The maximum absolute atomic E-state index is 12.1. The van der Waals surface area contributed by atoms with Crippen molar-refractivity contribution < 1.29 is 9.59 Å². The lowest BCUT2D eigenvalue weighted by Crippen LogP contribution is -2.47. The van der Waals surface area contributed by atoms with Crippen molar-refractivity contribution in [3.05, 3.63) is 107 Å². The number of piperidine rings is 2. The summed E-state index contributed by atoms with van der Waals surface area (Å²) in [4.78, 5) is 30.6. The molecule has 4 N–H and O–H groups in total. The van der Waals surface area contributed by atoms with Gasteiger partial charge in [-0.05, 0) is 116 Å². The number of nitrogens with zero attached hydrogens (tertiary/aromatic N) is 4. The van der Waals surface area contributed by atoms with Gasteiger partial charge in [0.25, 0.3) is 0 Å². The molecule has 3 aromatic carbocycles. The first-order chi connectivity index (χ1) is 22.8. The first-order valence-corrected chi connectivity index (χ1v) is 16.5. The van der Waals surface area contributed by atoms with E-state index in [0.717, 1.165) is 66.0 Å². The summed E-state index contributed by atoms with van der Waals surface area (Å²) < 4.78 is 1.93. The molecule has 2 aliphatic heterocycles. The molecule has 9 nitrogen and oxygen atoms in total. The van der Waals surface area contributed by atoms with E-state index in [4.69, 9.17) is 10.8 Å². The summed E-state index contributed by atoms with van der Waals surface area (Å²) in [7, 11) is 0. The standard InChI is InChI=1S/C38H41N7O2/c1-24-20-33(25(2)19-29(24)21-39)32-13-16-40-35-23-45(43-37(32)35)31-9-3-26(4-10-31)22-44-17-14-28(15-18-44)27-5-7-30(8-6-27)41-34-11-12-36(46)42-38(34)47/h3-10,13,16,19-20,23,28,34,41H,11-12,14-15,17-18,21-22,39H2,1-2H3,(H,42,46,47). The number of carbonyl (C=O) groups excluding carboxylic acids is 2. The predicted octanol–water partition coefficient (Wildman–Crippen LogP) is 5.76. The Balaban J connectivity index is 0.964. The van der Waals surface area contributed by atoms with Gasteiger partial charge in [0.2, 0.25) is 11.8 Å². The van der Waals surface area contributed by atoms with Crippen molar-refractivity contribution in [1.82, 2.24) is 25.0 Å². The number of imide groups is 1. The van der Waals surface area contributed by atoms with Crippen LogP contribution in [0.2, 0.25) is 0 Å². The van der Waals surface area contributed by atoms with E-state index in [1.54, 1.807) is 0 Å². The van der Waals surface area contributed by atoms with Crippen LogP contribution in [0.1, 0.15) is 59.4 Å². The van der Waals surface area contributed by atoms with E-state index in [2.05, 4.69) is 82.9 Å². The summed E-state index contributed by atoms with van der Waals surface area (Å²) in [6.07, 6.45) is 6.99. The van der Waals surface area contributed by atoms with Crippen LogP contribution >= 0.6 is 0 Å². The lowest BCUT2D eigenvalue weighted by Gasteiger charge is -2.32. The number of aromatic nitrogens is 3. The molecular formula is C38H41N7O2. The lowest BCUT2D eigenvalue weighted by atomic mass is 9.89. The van der Waals surface area contributed by atoms with Gasteiger partial charge in [-0.15, -0.1) is 0 Å². The van der Waals surface area contributed by atoms with Crippen LogP contribution in [0.25, 0.3) is 27.8 Å². The van der Waals surface area contributed by atoms with Crippen LogP contribution < -0.4 is 16.4 Å². The third-order valence-electron chi connectivity index (χ3n) is 9.75. The molecule has 2 saturated heterocycles. The number of likely N-dealkylation sites (tertiary alicyclic amines) is 1. The molecule has 4 heterocycles. The molecule has 0 saturated carbocycles. The third-order valence-corrected chi connectivity index (χ3v) is 9.75. The summed E-state index contributed by atoms with van der Waals surface area (Å²) >= 11 is 0. The third kappa shape index (κ3) is 6.54. The highest BCUT2D eigenvalue weighted by Gasteiger charge is 2.26. The number of pyridine rings is 1. The van der Waals surface area contributed by atoms with Crippen LogP contribution in [0.5, 0.6) is 0 Å². The second-order valence-corrected chi connectivity index (χ2v) is 13.0. The van der Waals surface area contributed by atoms with Gasteiger partial charge in [0, 0.05) is 37.0 Å². The minimum Gasteiger partial charge on any atom is -0.374 e. The van der Waals surface area contributed by atoms with Crippen LogP contribution in [0.15, 0.2) is 79.1 Å². The number of nitrogens with two attached hydrogens (primary N) is 1. The molecule has 1 atom stereocenters. The molecule has 2 fully saturated rings. The number of anilines is 1. The highest BCUT2D eigenvalue weighted by Crippen LogP contribution is 2.32. The fourth-order valence-electron chi connectivity index (χ4n) is 6.98. The Morgan fingerprint density at radius 2 is 1.68 bits per heavy atom. The summed E-state index contributed by atoms with van der Waals surface area (Å²) in [5, 5.41) is 10.7. The van der Waals surface area contributed by atoms with Crippen LogP contribution in [-0.4, -0.2) is 50.6 Å². The zero-order valence-corrected chi connectivity index (χ0v) is 27.0. The van der Waals surface area contributed by atoms with Gasteiger partial charge in [0.1, 0.15) is 17.1 Å². The zero-order chi connectivity index (χ0) is 32.5. The topological polar surface area (TPSA) is 118 Å². The Labute approximate surface area is 275 Å². The van der Waals surface area contributed by atoms with E-state index in [-0.39, 0.29) is 17.9 Å². The van der Waals surface area contributed by atoms with Crippen LogP contribution in [0, 0.1) is 13.8 Å².